The number of hydrogen-bond acceptors (Lipinski definition) is 5. The first kappa shape index (κ1) is 25.2. The van der Waals surface area contributed by atoms with Crippen molar-refractivity contribution in [2.75, 3.05) is 13.1 Å². The van der Waals surface area contributed by atoms with Crippen LogP contribution in [0.3, 0.4) is 0 Å². The van der Waals surface area contributed by atoms with Gasteiger partial charge >= 0.3 is 6.36 Å². The molecule has 36 heavy (non-hydrogen) atoms. The third-order valence-corrected chi connectivity index (χ3v) is 7.56. The second-order valence-corrected chi connectivity index (χ2v) is 10.7. The van der Waals surface area contributed by atoms with E-state index in [9.17, 15) is 22.4 Å². The number of hydrogen-bond donors (Lipinski definition) is 1. The number of carbonyl (C=O) groups excluding carboxylic acids is 1. The van der Waals surface area contributed by atoms with E-state index in [1.165, 1.54) is 24.1 Å². The molecule has 0 radical (unpaired) electrons. The van der Waals surface area contributed by atoms with Crippen molar-refractivity contribution in [1.82, 2.24) is 19.4 Å². The summed E-state index contributed by atoms with van der Waals surface area (Å²) in [5.41, 5.74) is 1.88. The highest BCUT2D eigenvalue weighted by Crippen LogP contribution is 2.34. The SMILES string of the molecule is Cc1nn(C2CCN(Cc3cc(Cl)cc(OC(F)(F)F)c3)C2)c2cc(F)c(C(=O)NSC3CC3)cc12. The monoisotopic (exact) mass is 542 g/mol. The number of aryl methyl sites for hydroxylation is 1. The Kier molecular flexibility index (Phi) is 6.82. The van der Waals surface area contributed by atoms with Gasteiger partial charge in [0.25, 0.3) is 5.91 Å². The zero-order chi connectivity index (χ0) is 25.6. The second-order valence-electron chi connectivity index (χ2n) is 9.15. The fourth-order valence-corrected chi connectivity index (χ4v) is 5.46. The Morgan fingerprint density at radius 1 is 1.22 bits per heavy atom. The lowest BCUT2D eigenvalue weighted by Gasteiger charge is -2.18. The molecule has 6 nitrogen and oxygen atoms in total. The van der Waals surface area contributed by atoms with Gasteiger partial charge in [-0.1, -0.05) is 11.6 Å². The first-order chi connectivity index (χ1) is 17.1. The average molecular weight is 543 g/mol. The second kappa shape index (κ2) is 9.75. The van der Waals surface area contributed by atoms with Gasteiger partial charge in [-0.05, 0) is 68.0 Å². The predicted molar refractivity (Wildman–Crippen MR) is 130 cm³/mol. The van der Waals surface area contributed by atoms with Crippen LogP contribution in [0.1, 0.15) is 46.9 Å². The van der Waals surface area contributed by atoms with Gasteiger partial charge in [0.1, 0.15) is 11.6 Å². The predicted octanol–water partition coefficient (Wildman–Crippen LogP) is 6.02. The molecule has 2 fully saturated rings. The van der Waals surface area contributed by atoms with Gasteiger partial charge < -0.3 is 4.74 Å². The molecule has 3 aromatic rings. The molecule has 1 amide bonds. The number of carbonyl (C=O) groups is 1. The van der Waals surface area contributed by atoms with Gasteiger partial charge in [-0.15, -0.1) is 13.2 Å². The van der Waals surface area contributed by atoms with Crippen LogP contribution >= 0.6 is 23.5 Å². The zero-order valence-corrected chi connectivity index (χ0v) is 20.8. The van der Waals surface area contributed by atoms with E-state index in [2.05, 4.69) is 19.5 Å². The minimum absolute atomic E-state index is 0.0100. The normalized spacial score (nSPS) is 18.7. The van der Waals surface area contributed by atoms with E-state index >= 15 is 0 Å². The van der Waals surface area contributed by atoms with Crippen LogP contribution < -0.4 is 9.46 Å². The maximum atomic E-state index is 14.9. The highest BCUT2D eigenvalue weighted by molar-refractivity contribution is 7.98. The number of aromatic nitrogens is 2. The van der Waals surface area contributed by atoms with Crippen LogP contribution in [-0.4, -0.2) is 45.3 Å². The molecule has 2 heterocycles. The lowest BCUT2D eigenvalue weighted by atomic mass is 10.1. The molecule has 1 aliphatic heterocycles. The summed E-state index contributed by atoms with van der Waals surface area (Å²) in [6, 6.07) is 6.89. The Morgan fingerprint density at radius 2 is 2.00 bits per heavy atom. The number of ether oxygens (including phenoxy) is 1. The highest BCUT2D eigenvalue weighted by Gasteiger charge is 2.32. The van der Waals surface area contributed by atoms with E-state index in [0.29, 0.717) is 47.0 Å². The third-order valence-electron chi connectivity index (χ3n) is 6.23. The number of likely N-dealkylation sites (tertiary alicyclic amines) is 1. The molecule has 5 rings (SSSR count). The number of halogens is 5. The number of nitrogens with one attached hydrogen (secondary N) is 1. The number of benzene rings is 2. The maximum absolute atomic E-state index is 14.9. The molecular weight excluding hydrogens is 520 g/mol. The van der Waals surface area contributed by atoms with Gasteiger partial charge in [-0.2, -0.15) is 5.10 Å². The summed E-state index contributed by atoms with van der Waals surface area (Å²) in [6.07, 6.45) is -1.97. The summed E-state index contributed by atoms with van der Waals surface area (Å²) in [4.78, 5) is 14.5. The molecule has 1 atom stereocenters. The molecule has 0 spiro atoms. The van der Waals surface area contributed by atoms with Crippen molar-refractivity contribution >= 4 is 40.4 Å². The lowest BCUT2D eigenvalue weighted by Crippen LogP contribution is -2.22. The molecule has 1 saturated carbocycles. The molecule has 192 valence electrons. The van der Waals surface area contributed by atoms with E-state index in [-0.39, 0.29) is 22.4 Å². The Hall–Kier alpha value is -2.50. The zero-order valence-electron chi connectivity index (χ0n) is 19.2. The first-order valence-corrected chi connectivity index (χ1v) is 12.7. The highest BCUT2D eigenvalue weighted by atomic mass is 35.5. The average Bonchev–Trinajstić information content (AvgIpc) is 3.41. The summed E-state index contributed by atoms with van der Waals surface area (Å²) in [7, 11) is 0. The number of amides is 1. The van der Waals surface area contributed by atoms with E-state index in [0.717, 1.165) is 25.3 Å². The van der Waals surface area contributed by atoms with Crippen LogP contribution in [0.15, 0.2) is 30.3 Å². The Morgan fingerprint density at radius 3 is 2.72 bits per heavy atom. The summed E-state index contributed by atoms with van der Waals surface area (Å²) in [5, 5.41) is 5.90. The van der Waals surface area contributed by atoms with Crippen molar-refractivity contribution in [3.63, 3.8) is 0 Å². The molecule has 0 bridgehead atoms. The molecule has 1 saturated heterocycles. The van der Waals surface area contributed by atoms with Gasteiger partial charge in [-0.3, -0.25) is 19.1 Å². The van der Waals surface area contributed by atoms with Gasteiger partial charge in [0.05, 0.1) is 22.8 Å². The Labute approximate surface area is 214 Å². The van der Waals surface area contributed by atoms with Gasteiger partial charge in [-0.25, -0.2) is 4.39 Å². The topological polar surface area (TPSA) is 59.4 Å². The smallest absolute Gasteiger partial charge is 0.406 e. The fraction of sp³-hybridized carbons (Fsp3) is 0.417. The lowest BCUT2D eigenvalue weighted by molar-refractivity contribution is -0.274. The summed E-state index contributed by atoms with van der Waals surface area (Å²) in [5.74, 6) is -1.43. The molecule has 1 aliphatic carbocycles. The van der Waals surface area contributed by atoms with Crippen molar-refractivity contribution in [3.05, 3.63) is 58.0 Å². The first-order valence-electron chi connectivity index (χ1n) is 11.5. The van der Waals surface area contributed by atoms with Crippen LogP contribution in [0, 0.1) is 12.7 Å². The van der Waals surface area contributed by atoms with E-state index in [1.807, 2.05) is 6.92 Å². The minimum Gasteiger partial charge on any atom is -0.406 e. The molecule has 2 aromatic carbocycles. The van der Waals surface area contributed by atoms with E-state index in [4.69, 9.17) is 11.6 Å². The molecule has 1 aromatic heterocycles. The number of nitrogens with zero attached hydrogens (tertiary/aromatic N) is 3. The van der Waals surface area contributed by atoms with Crippen molar-refractivity contribution in [2.24, 2.45) is 0 Å². The quantitative estimate of drug-likeness (QED) is 0.292. The summed E-state index contributed by atoms with van der Waals surface area (Å²) < 4.78 is 61.3. The van der Waals surface area contributed by atoms with Crippen LogP contribution in [0.4, 0.5) is 17.6 Å². The molecule has 1 N–H and O–H groups in total. The molecule has 1 unspecified atom stereocenters. The van der Waals surface area contributed by atoms with Crippen molar-refractivity contribution in [3.8, 4) is 5.75 Å². The van der Waals surface area contributed by atoms with Crippen molar-refractivity contribution in [1.29, 1.82) is 0 Å². The molecular formula is C24H23ClF4N4O2S. The Balaban J connectivity index is 1.31. The van der Waals surface area contributed by atoms with E-state index < -0.39 is 18.1 Å². The maximum Gasteiger partial charge on any atom is 0.573 e. The summed E-state index contributed by atoms with van der Waals surface area (Å²) >= 11 is 7.33. The van der Waals surface area contributed by atoms with Crippen LogP contribution in [0.5, 0.6) is 5.75 Å². The van der Waals surface area contributed by atoms with Gasteiger partial charge in [0.15, 0.2) is 0 Å². The van der Waals surface area contributed by atoms with Crippen LogP contribution in [0.2, 0.25) is 5.02 Å². The van der Waals surface area contributed by atoms with Crippen LogP contribution in [-0.2, 0) is 6.54 Å². The van der Waals surface area contributed by atoms with E-state index in [1.54, 1.807) is 16.8 Å². The van der Waals surface area contributed by atoms with Crippen molar-refractivity contribution in [2.45, 2.75) is 50.4 Å². The minimum atomic E-state index is -4.80. The molecule has 2 aliphatic rings. The van der Waals surface area contributed by atoms with Gasteiger partial charge in [0, 0.05) is 41.4 Å². The largest absolute Gasteiger partial charge is 0.573 e. The standard InChI is InChI=1S/C24H23ClF4N4O2S/c1-13-19-9-20(23(34)31-36-18-2-3-18)21(26)10-22(19)33(30-13)16-4-5-32(12-16)11-14-6-15(25)8-17(7-14)35-24(27,28)29/h6-10,16,18H,2-5,11-12H2,1H3,(H,31,34). The molecule has 12 heteroatoms. The van der Waals surface area contributed by atoms with Crippen LogP contribution in [0.25, 0.3) is 10.9 Å². The number of alkyl halides is 3. The number of rotatable bonds is 7. The number of fused-ring (bicyclic) bond motifs is 1. The van der Waals surface area contributed by atoms with Gasteiger partial charge in [0.2, 0.25) is 0 Å². The summed E-state index contributed by atoms with van der Waals surface area (Å²) in [6.45, 7) is 3.44. The van der Waals surface area contributed by atoms with Crippen molar-refractivity contribution < 1.29 is 27.1 Å². The fourth-order valence-electron chi connectivity index (χ4n) is 4.46. The third kappa shape index (κ3) is 5.73. The Bertz CT molecular complexity index is 1310.